The van der Waals surface area contributed by atoms with Crippen LogP contribution in [0.25, 0.3) is 0 Å². The molecule has 2 rings (SSSR count). The van der Waals surface area contributed by atoms with Crippen molar-refractivity contribution >= 4 is 0 Å². The van der Waals surface area contributed by atoms with Crippen LogP contribution in [-0.4, -0.2) is 26.0 Å². The van der Waals surface area contributed by atoms with E-state index in [1.807, 2.05) is 0 Å². The summed E-state index contributed by atoms with van der Waals surface area (Å²) >= 11 is 0. The van der Waals surface area contributed by atoms with E-state index in [9.17, 15) is 0 Å². The summed E-state index contributed by atoms with van der Waals surface area (Å²) in [5.41, 5.74) is 2.72. The van der Waals surface area contributed by atoms with Crippen molar-refractivity contribution in [2.45, 2.75) is 45.4 Å². The molecule has 1 N–H and O–H groups in total. The maximum atomic E-state index is 5.58. The van der Waals surface area contributed by atoms with E-state index in [1.165, 1.54) is 11.1 Å². The van der Waals surface area contributed by atoms with Crippen LogP contribution < -0.4 is 5.32 Å². The van der Waals surface area contributed by atoms with Gasteiger partial charge in [0.15, 0.2) is 6.29 Å². The molecule has 1 fully saturated rings. The Morgan fingerprint density at radius 3 is 2.74 bits per heavy atom. The Labute approximate surface area is 116 Å². The van der Waals surface area contributed by atoms with Crippen LogP contribution in [0.15, 0.2) is 24.3 Å². The van der Waals surface area contributed by atoms with E-state index in [2.05, 4.69) is 43.4 Å². The molecule has 0 spiro atoms. The highest BCUT2D eigenvalue weighted by Crippen LogP contribution is 2.23. The molecule has 0 saturated carbocycles. The molecular formula is C16H25NO2. The van der Waals surface area contributed by atoms with Crippen LogP contribution in [0.4, 0.5) is 0 Å². The van der Waals surface area contributed by atoms with Crippen LogP contribution in [0.5, 0.6) is 0 Å². The smallest absolute Gasteiger partial charge is 0.159 e. The highest BCUT2D eigenvalue weighted by atomic mass is 16.7. The molecule has 0 bridgehead atoms. The Balaban J connectivity index is 2.05. The van der Waals surface area contributed by atoms with Crippen molar-refractivity contribution in [2.24, 2.45) is 0 Å². The summed E-state index contributed by atoms with van der Waals surface area (Å²) in [6.07, 6.45) is 3.04. The van der Waals surface area contributed by atoms with Gasteiger partial charge in [-0.05, 0) is 30.5 Å². The summed E-state index contributed by atoms with van der Waals surface area (Å²) in [4.78, 5) is 0. The summed E-state index contributed by atoms with van der Waals surface area (Å²) in [5, 5.41) is 3.60. The van der Waals surface area contributed by atoms with Gasteiger partial charge in [0.1, 0.15) is 0 Å². The lowest BCUT2D eigenvalue weighted by Gasteiger charge is -2.22. The molecule has 0 aliphatic carbocycles. The fourth-order valence-electron chi connectivity index (χ4n) is 2.42. The SMILES string of the molecule is CCCNC(CC1OCCO1)c1cccc(CC)c1. The van der Waals surface area contributed by atoms with Gasteiger partial charge in [-0.25, -0.2) is 0 Å². The molecule has 3 nitrogen and oxygen atoms in total. The Hall–Kier alpha value is -0.900. The molecule has 1 aliphatic rings. The Kier molecular flexibility index (Phi) is 5.83. The predicted octanol–water partition coefficient (Wildman–Crippen LogP) is 3.05. The number of hydrogen-bond donors (Lipinski definition) is 1. The first-order valence-corrected chi connectivity index (χ1v) is 7.39. The zero-order chi connectivity index (χ0) is 13.5. The van der Waals surface area contributed by atoms with Gasteiger partial charge in [-0.1, -0.05) is 38.1 Å². The lowest BCUT2D eigenvalue weighted by Crippen LogP contribution is -2.26. The van der Waals surface area contributed by atoms with Crippen molar-refractivity contribution in [1.29, 1.82) is 0 Å². The molecule has 1 aromatic carbocycles. The fraction of sp³-hybridized carbons (Fsp3) is 0.625. The van der Waals surface area contributed by atoms with Crippen LogP contribution >= 0.6 is 0 Å². The second kappa shape index (κ2) is 7.63. The third-order valence-electron chi connectivity index (χ3n) is 3.52. The first kappa shape index (κ1) is 14.5. The standard InChI is InChI=1S/C16H25NO2/c1-3-8-17-15(12-16-18-9-10-19-16)14-7-5-6-13(4-2)11-14/h5-7,11,15-17H,3-4,8-10,12H2,1-2H3. The number of rotatable bonds is 7. The number of hydrogen-bond acceptors (Lipinski definition) is 3. The zero-order valence-electron chi connectivity index (χ0n) is 12.0. The van der Waals surface area contributed by atoms with E-state index in [0.717, 1.165) is 39.0 Å². The highest BCUT2D eigenvalue weighted by Gasteiger charge is 2.22. The minimum Gasteiger partial charge on any atom is -0.350 e. The molecule has 19 heavy (non-hydrogen) atoms. The van der Waals surface area contributed by atoms with Gasteiger partial charge in [-0.2, -0.15) is 0 Å². The van der Waals surface area contributed by atoms with Crippen LogP contribution in [0.3, 0.4) is 0 Å². The van der Waals surface area contributed by atoms with Gasteiger partial charge < -0.3 is 14.8 Å². The summed E-state index contributed by atoms with van der Waals surface area (Å²) < 4.78 is 11.2. The number of nitrogens with one attached hydrogen (secondary N) is 1. The summed E-state index contributed by atoms with van der Waals surface area (Å²) in [6.45, 7) is 6.85. The van der Waals surface area contributed by atoms with Crippen molar-refractivity contribution in [2.75, 3.05) is 19.8 Å². The van der Waals surface area contributed by atoms with Crippen molar-refractivity contribution in [3.63, 3.8) is 0 Å². The Morgan fingerprint density at radius 1 is 1.26 bits per heavy atom. The monoisotopic (exact) mass is 263 g/mol. The molecule has 106 valence electrons. The molecule has 0 aromatic heterocycles. The van der Waals surface area contributed by atoms with E-state index in [-0.39, 0.29) is 6.29 Å². The Morgan fingerprint density at radius 2 is 2.05 bits per heavy atom. The number of aryl methyl sites for hydroxylation is 1. The summed E-state index contributed by atoms with van der Waals surface area (Å²) in [6, 6.07) is 9.13. The molecular weight excluding hydrogens is 238 g/mol. The van der Waals surface area contributed by atoms with E-state index < -0.39 is 0 Å². The molecule has 1 unspecified atom stereocenters. The minimum atomic E-state index is -0.0559. The maximum absolute atomic E-state index is 5.58. The molecule has 1 heterocycles. The minimum absolute atomic E-state index is 0.0559. The first-order chi connectivity index (χ1) is 9.33. The van der Waals surface area contributed by atoms with Gasteiger partial charge in [-0.15, -0.1) is 0 Å². The second-order valence-electron chi connectivity index (χ2n) is 5.01. The van der Waals surface area contributed by atoms with Gasteiger partial charge in [0.05, 0.1) is 13.2 Å². The quantitative estimate of drug-likeness (QED) is 0.820. The summed E-state index contributed by atoms with van der Waals surface area (Å²) in [7, 11) is 0. The lowest BCUT2D eigenvalue weighted by atomic mass is 10.00. The average Bonchev–Trinajstić information content (AvgIpc) is 2.96. The predicted molar refractivity (Wildman–Crippen MR) is 77.2 cm³/mol. The van der Waals surface area contributed by atoms with Crippen molar-refractivity contribution in [1.82, 2.24) is 5.32 Å². The number of ether oxygens (including phenoxy) is 2. The van der Waals surface area contributed by atoms with Crippen LogP contribution in [0.1, 0.15) is 43.9 Å². The van der Waals surface area contributed by atoms with E-state index >= 15 is 0 Å². The van der Waals surface area contributed by atoms with Crippen molar-refractivity contribution < 1.29 is 9.47 Å². The van der Waals surface area contributed by atoms with Crippen LogP contribution in [0.2, 0.25) is 0 Å². The summed E-state index contributed by atoms with van der Waals surface area (Å²) in [5.74, 6) is 0. The van der Waals surface area contributed by atoms with Gasteiger partial charge in [-0.3, -0.25) is 0 Å². The van der Waals surface area contributed by atoms with Crippen LogP contribution in [-0.2, 0) is 15.9 Å². The number of benzene rings is 1. The normalized spacial score (nSPS) is 17.8. The maximum Gasteiger partial charge on any atom is 0.159 e. The molecule has 0 amide bonds. The third-order valence-corrected chi connectivity index (χ3v) is 3.52. The highest BCUT2D eigenvalue weighted by molar-refractivity contribution is 5.26. The molecule has 1 aromatic rings. The zero-order valence-corrected chi connectivity index (χ0v) is 12.0. The fourth-order valence-corrected chi connectivity index (χ4v) is 2.42. The van der Waals surface area contributed by atoms with Crippen molar-refractivity contribution in [3.8, 4) is 0 Å². The lowest BCUT2D eigenvalue weighted by molar-refractivity contribution is -0.0530. The van der Waals surface area contributed by atoms with E-state index in [4.69, 9.17) is 9.47 Å². The van der Waals surface area contributed by atoms with Gasteiger partial charge in [0.2, 0.25) is 0 Å². The molecule has 3 heteroatoms. The van der Waals surface area contributed by atoms with Gasteiger partial charge in [0.25, 0.3) is 0 Å². The molecule has 1 saturated heterocycles. The van der Waals surface area contributed by atoms with Crippen LogP contribution in [0, 0.1) is 0 Å². The van der Waals surface area contributed by atoms with Gasteiger partial charge in [0, 0.05) is 12.5 Å². The second-order valence-corrected chi connectivity index (χ2v) is 5.01. The van der Waals surface area contributed by atoms with Gasteiger partial charge >= 0.3 is 0 Å². The topological polar surface area (TPSA) is 30.5 Å². The Bertz CT molecular complexity index is 375. The van der Waals surface area contributed by atoms with E-state index in [0.29, 0.717) is 6.04 Å². The van der Waals surface area contributed by atoms with Crippen molar-refractivity contribution in [3.05, 3.63) is 35.4 Å². The largest absolute Gasteiger partial charge is 0.350 e. The first-order valence-electron chi connectivity index (χ1n) is 7.39. The molecule has 0 radical (unpaired) electrons. The molecule has 1 aliphatic heterocycles. The average molecular weight is 263 g/mol. The third kappa shape index (κ3) is 4.30. The molecule has 1 atom stereocenters. The van der Waals surface area contributed by atoms with E-state index in [1.54, 1.807) is 0 Å².